The van der Waals surface area contributed by atoms with Gasteiger partial charge in [0.2, 0.25) is 0 Å². The highest BCUT2D eigenvalue weighted by molar-refractivity contribution is 6.03. The Kier molecular flexibility index (Phi) is 1.46. The summed E-state index contributed by atoms with van der Waals surface area (Å²) in [5.41, 5.74) is 1.70. The van der Waals surface area contributed by atoms with Crippen LogP contribution in [0.3, 0.4) is 0 Å². The van der Waals surface area contributed by atoms with Crippen molar-refractivity contribution in [2.75, 3.05) is 11.9 Å². The number of hydrogen-bond acceptors (Lipinski definition) is 2. The van der Waals surface area contributed by atoms with Crippen LogP contribution in [0.15, 0.2) is 24.3 Å². The van der Waals surface area contributed by atoms with Crippen LogP contribution >= 0.6 is 0 Å². The second kappa shape index (κ2) is 2.66. The van der Waals surface area contributed by atoms with Gasteiger partial charge in [-0.1, -0.05) is 18.2 Å². The van der Waals surface area contributed by atoms with Gasteiger partial charge in [0.15, 0.2) is 5.60 Å². The van der Waals surface area contributed by atoms with Gasteiger partial charge in [-0.05, 0) is 24.5 Å². The van der Waals surface area contributed by atoms with E-state index < -0.39 is 5.60 Å². The van der Waals surface area contributed by atoms with Crippen molar-refractivity contribution in [3.05, 3.63) is 29.8 Å². The Morgan fingerprint density at radius 1 is 1.38 bits per heavy atom. The number of nitrogens with one attached hydrogen (secondary N) is 1. The summed E-state index contributed by atoms with van der Waals surface area (Å²) in [6.07, 6.45) is 2.14. The Bertz CT molecular complexity index is 485. The fourth-order valence-electron chi connectivity index (χ4n) is 3.58. The molecule has 2 fully saturated rings. The molecule has 4 rings (SSSR count). The number of amides is 1. The van der Waals surface area contributed by atoms with Gasteiger partial charge in [-0.3, -0.25) is 4.79 Å². The maximum atomic E-state index is 12.2. The van der Waals surface area contributed by atoms with Crippen LogP contribution in [-0.4, -0.2) is 18.1 Å². The van der Waals surface area contributed by atoms with Crippen LogP contribution in [-0.2, 0) is 9.53 Å². The SMILES string of the molecule is O=C1Nc2ccccc2[C@@H]2C[C@H]3CCO[C@]132. The molecule has 1 saturated heterocycles. The fourth-order valence-corrected chi connectivity index (χ4v) is 3.58. The highest BCUT2D eigenvalue weighted by Crippen LogP contribution is 2.60. The Morgan fingerprint density at radius 2 is 2.25 bits per heavy atom. The molecule has 0 unspecified atom stereocenters. The van der Waals surface area contributed by atoms with Crippen molar-refractivity contribution in [1.82, 2.24) is 0 Å². The van der Waals surface area contributed by atoms with Gasteiger partial charge in [-0.15, -0.1) is 0 Å². The first-order chi connectivity index (χ1) is 7.82. The van der Waals surface area contributed by atoms with Crippen molar-refractivity contribution in [1.29, 1.82) is 0 Å². The summed E-state index contributed by atoms with van der Waals surface area (Å²) >= 11 is 0. The molecular weight excluding hydrogens is 202 g/mol. The minimum absolute atomic E-state index is 0.0740. The Balaban J connectivity index is 1.88. The number of hydrogen-bond donors (Lipinski definition) is 1. The predicted molar refractivity (Wildman–Crippen MR) is 59.2 cm³/mol. The van der Waals surface area contributed by atoms with E-state index in [1.807, 2.05) is 18.2 Å². The smallest absolute Gasteiger partial charge is 0.257 e. The van der Waals surface area contributed by atoms with E-state index in [4.69, 9.17) is 4.74 Å². The first-order valence-corrected chi connectivity index (χ1v) is 5.87. The van der Waals surface area contributed by atoms with Crippen molar-refractivity contribution in [2.24, 2.45) is 5.92 Å². The van der Waals surface area contributed by atoms with Crippen LogP contribution in [0.1, 0.15) is 24.3 Å². The summed E-state index contributed by atoms with van der Waals surface area (Å²) in [4.78, 5) is 12.2. The summed E-state index contributed by atoms with van der Waals surface area (Å²) in [6.45, 7) is 0.733. The van der Waals surface area contributed by atoms with Gasteiger partial charge in [0.05, 0.1) is 0 Å². The summed E-state index contributed by atoms with van der Waals surface area (Å²) in [5, 5.41) is 2.99. The van der Waals surface area contributed by atoms with Gasteiger partial charge in [0, 0.05) is 24.1 Å². The highest BCUT2D eigenvalue weighted by Gasteiger charge is 2.66. The number of carbonyl (C=O) groups is 1. The lowest BCUT2D eigenvalue weighted by Crippen LogP contribution is -2.62. The summed E-state index contributed by atoms with van der Waals surface area (Å²) in [7, 11) is 0. The van der Waals surface area contributed by atoms with Gasteiger partial charge in [0.1, 0.15) is 0 Å². The van der Waals surface area contributed by atoms with Crippen molar-refractivity contribution in [3.63, 3.8) is 0 Å². The molecule has 0 bridgehead atoms. The standard InChI is InChI=1S/C13H13NO2/c15-12-13-8(5-6-16-13)7-10(13)9-3-1-2-4-11(9)14-12/h1-4,8,10H,5-7H2,(H,14,15)/t8-,10+,13-/m1/s1. The molecule has 3 aliphatic rings. The molecule has 3 nitrogen and oxygen atoms in total. The third-order valence-electron chi connectivity index (χ3n) is 4.39. The molecule has 1 spiro atoms. The molecule has 1 aromatic rings. The molecule has 16 heavy (non-hydrogen) atoms. The maximum Gasteiger partial charge on any atom is 0.257 e. The number of rotatable bonds is 0. The molecule has 82 valence electrons. The number of fused-ring (bicyclic) bond motifs is 2. The Hall–Kier alpha value is -1.35. The minimum Gasteiger partial charge on any atom is -0.364 e. The number of ether oxygens (including phenoxy) is 1. The van der Waals surface area contributed by atoms with Crippen molar-refractivity contribution in [2.45, 2.75) is 24.4 Å². The number of para-hydroxylation sites is 1. The predicted octanol–water partition coefficient (Wildman–Crippen LogP) is 1.90. The normalized spacial score (nSPS) is 39.1. The minimum atomic E-state index is -0.519. The monoisotopic (exact) mass is 215 g/mol. The molecule has 2 heterocycles. The molecule has 1 amide bonds. The van der Waals surface area contributed by atoms with Gasteiger partial charge in [-0.2, -0.15) is 0 Å². The summed E-state index contributed by atoms with van der Waals surface area (Å²) in [5.74, 6) is 0.792. The van der Waals surface area contributed by atoms with E-state index in [9.17, 15) is 4.79 Å². The second-order valence-corrected chi connectivity index (χ2v) is 4.96. The maximum absolute atomic E-state index is 12.2. The van der Waals surface area contributed by atoms with Crippen molar-refractivity contribution < 1.29 is 9.53 Å². The van der Waals surface area contributed by atoms with E-state index in [1.165, 1.54) is 5.56 Å². The quantitative estimate of drug-likeness (QED) is 0.717. The molecule has 1 aromatic carbocycles. The van der Waals surface area contributed by atoms with E-state index in [0.29, 0.717) is 5.92 Å². The third kappa shape index (κ3) is 0.789. The molecule has 2 aliphatic heterocycles. The largest absolute Gasteiger partial charge is 0.364 e. The molecule has 0 radical (unpaired) electrons. The first kappa shape index (κ1) is 8.76. The first-order valence-electron chi connectivity index (χ1n) is 5.87. The van der Waals surface area contributed by atoms with Gasteiger partial charge in [-0.25, -0.2) is 0 Å². The van der Waals surface area contributed by atoms with Gasteiger partial charge < -0.3 is 10.1 Å². The van der Waals surface area contributed by atoms with Crippen LogP contribution in [0.4, 0.5) is 5.69 Å². The lowest BCUT2D eigenvalue weighted by atomic mass is 9.56. The summed E-state index contributed by atoms with van der Waals surface area (Å²) < 4.78 is 5.80. The van der Waals surface area contributed by atoms with Crippen LogP contribution in [0.5, 0.6) is 0 Å². The molecule has 1 saturated carbocycles. The molecule has 3 heteroatoms. The van der Waals surface area contributed by atoms with E-state index in [0.717, 1.165) is 25.1 Å². The zero-order chi connectivity index (χ0) is 10.8. The second-order valence-electron chi connectivity index (χ2n) is 4.96. The zero-order valence-corrected chi connectivity index (χ0v) is 8.90. The third-order valence-corrected chi connectivity index (χ3v) is 4.39. The lowest BCUT2D eigenvalue weighted by Gasteiger charge is -2.52. The number of benzene rings is 1. The average molecular weight is 215 g/mol. The molecule has 3 atom stereocenters. The molecular formula is C13H13NO2. The average Bonchev–Trinajstić information content (AvgIpc) is 2.57. The lowest BCUT2D eigenvalue weighted by molar-refractivity contribution is -0.157. The molecule has 0 aromatic heterocycles. The van der Waals surface area contributed by atoms with Crippen LogP contribution in [0.2, 0.25) is 0 Å². The van der Waals surface area contributed by atoms with E-state index in [-0.39, 0.29) is 11.8 Å². The Labute approximate surface area is 93.8 Å². The van der Waals surface area contributed by atoms with Crippen LogP contribution in [0, 0.1) is 5.92 Å². The highest BCUT2D eigenvalue weighted by atomic mass is 16.5. The molecule has 1 aliphatic carbocycles. The zero-order valence-electron chi connectivity index (χ0n) is 8.90. The topological polar surface area (TPSA) is 38.3 Å². The van der Waals surface area contributed by atoms with Crippen molar-refractivity contribution >= 4 is 11.6 Å². The molecule has 1 N–H and O–H groups in total. The fraction of sp³-hybridized carbons (Fsp3) is 0.462. The Morgan fingerprint density at radius 3 is 3.12 bits per heavy atom. The van der Waals surface area contributed by atoms with Crippen LogP contribution < -0.4 is 5.32 Å². The van der Waals surface area contributed by atoms with E-state index >= 15 is 0 Å². The number of carbonyl (C=O) groups excluding carboxylic acids is 1. The van der Waals surface area contributed by atoms with Gasteiger partial charge in [0.25, 0.3) is 5.91 Å². The van der Waals surface area contributed by atoms with E-state index in [1.54, 1.807) is 0 Å². The van der Waals surface area contributed by atoms with Crippen LogP contribution in [0.25, 0.3) is 0 Å². The van der Waals surface area contributed by atoms with Crippen molar-refractivity contribution in [3.8, 4) is 0 Å². The van der Waals surface area contributed by atoms with E-state index in [2.05, 4.69) is 11.4 Å². The number of anilines is 1. The van der Waals surface area contributed by atoms with Gasteiger partial charge >= 0.3 is 0 Å². The summed E-state index contributed by atoms with van der Waals surface area (Å²) in [6, 6.07) is 8.08.